The molecule has 0 aliphatic carbocycles. The Morgan fingerprint density at radius 3 is 2.88 bits per heavy atom. The average Bonchev–Trinajstić information content (AvgIpc) is 2.55. The molecule has 3 rings (SSSR count). The number of amides is 1. The van der Waals surface area contributed by atoms with Gasteiger partial charge in [0.25, 0.3) is 11.6 Å². The molecule has 1 heterocycles. The number of fused-ring (bicyclic) bond motifs is 1. The van der Waals surface area contributed by atoms with Crippen LogP contribution >= 0.6 is 23.4 Å². The topological polar surface area (TPSA) is 98.3 Å². The van der Waals surface area contributed by atoms with Crippen LogP contribution in [-0.2, 0) is 0 Å². The first kappa shape index (κ1) is 16.6. The summed E-state index contributed by atoms with van der Waals surface area (Å²) in [4.78, 5) is 23.9. The molecule has 0 fully saturated rings. The van der Waals surface area contributed by atoms with Crippen molar-refractivity contribution >= 4 is 40.6 Å². The molecule has 3 N–H and O–H groups in total. The number of hydrogen-bond donors (Lipinski definition) is 2. The Labute approximate surface area is 147 Å². The summed E-state index contributed by atoms with van der Waals surface area (Å²) in [6.45, 7) is 0. The maximum absolute atomic E-state index is 12.5. The SMILES string of the molecule is Nc1ccc(C(=O)NC2CCSc3ccc(Cl)cc32)cc1[N+](=O)[O-]. The summed E-state index contributed by atoms with van der Waals surface area (Å²) in [6.07, 6.45) is 0.765. The molecule has 0 aromatic heterocycles. The number of nitrogens with two attached hydrogens (primary N) is 1. The van der Waals surface area contributed by atoms with E-state index in [1.54, 1.807) is 11.8 Å². The van der Waals surface area contributed by atoms with Gasteiger partial charge in [-0.05, 0) is 42.3 Å². The van der Waals surface area contributed by atoms with E-state index in [-0.39, 0.29) is 28.9 Å². The zero-order chi connectivity index (χ0) is 17.3. The summed E-state index contributed by atoms with van der Waals surface area (Å²) in [6, 6.07) is 9.47. The molecule has 1 aliphatic rings. The molecule has 0 saturated carbocycles. The first-order valence-corrected chi connectivity index (χ1v) is 8.59. The van der Waals surface area contributed by atoms with Gasteiger partial charge in [-0.1, -0.05) is 11.6 Å². The van der Waals surface area contributed by atoms with E-state index in [9.17, 15) is 14.9 Å². The van der Waals surface area contributed by atoms with E-state index in [1.807, 2.05) is 18.2 Å². The van der Waals surface area contributed by atoms with Gasteiger partial charge in [-0.3, -0.25) is 14.9 Å². The Morgan fingerprint density at radius 1 is 1.33 bits per heavy atom. The first-order valence-electron chi connectivity index (χ1n) is 7.23. The van der Waals surface area contributed by atoms with Gasteiger partial charge >= 0.3 is 0 Å². The molecular formula is C16H14ClN3O3S. The third-order valence-electron chi connectivity index (χ3n) is 3.81. The van der Waals surface area contributed by atoms with Gasteiger partial charge in [0.05, 0.1) is 11.0 Å². The van der Waals surface area contributed by atoms with Crippen LogP contribution < -0.4 is 11.1 Å². The molecule has 0 radical (unpaired) electrons. The molecule has 1 unspecified atom stereocenters. The van der Waals surface area contributed by atoms with Crippen LogP contribution in [0.15, 0.2) is 41.3 Å². The van der Waals surface area contributed by atoms with Gasteiger partial charge in [-0.15, -0.1) is 11.8 Å². The van der Waals surface area contributed by atoms with Crippen molar-refractivity contribution in [1.82, 2.24) is 5.32 Å². The smallest absolute Gasteiger partial charge is 0.292 e. The summed E-state index contributed by atoms with van der Waals surface area (Å²) >= 11 is 7.77. The second kappa shape index (κ2) is 6.70. The number of thioether (sulfide) groups is 1. The van der Waals surface area contributed by atoms with Gasteiger partial charge in [0.2, 0.25) is 0 Å². The largest absolute Gasteiger partial charge is 0.393 e. The Hall–Kier alpha value is -2.25. The van der Waals surface area contributed by atoms with Crippen molar-refractivity contribution in [2.45, 2.75) is 17.4 Å². The predicted molar refractivity (Wildman–Crippen MR) is 94.5 cm³/mol. The third kappa shape index (κ3) is 3.32. The fourth-order valence-electron chi connectivity index (χ4n) is 2.60. The standard InChI is InChI=1S/C16H14ClN3O3S/c17-10-2-4-15-11(8-10)13(5-6-24-15)19-16(21)9-1-3-12(18)14(7-9)20(22)23/h1-4,7-8,13H,5-6,18H2,(H,19,21). The summed E-state index contributed by atoms with van der Waals surface area (Å²) in [5.41, 5.74) is 6.50. The summed E-state index contributed by atoms with van der Waals surface area (Å²) in [7, 11) is 0. The number of rotatable bonds is 3. The molecule has 2 aromatic carbocycles. The van der Waals surface area contributed by atoms with Crippen LogP contribution in [0.3, 0.4) is 0 Å². The Kier molecular flexibility index (Phi) is 4.64. The molecule has 0 spiro atoms. The number of nitrogens with one attached hydrogen (secondary N) is 1. The number of halogens is 1. The van der Waals surface area contributed by atoms with E-state index in [2.05, 4.69) is 5.32 Å². The lowest BCUT2D eigenvalue weighted by atomic mass is 10.0. The van der Waals surface area contributed by atoms with Crippen LogP contribution in [0.5, 0.6) is 0 Å². The van der Waals surface area contributed by atoms with E-state index in [0.717, 1.165) is 22.6 Å². The number of nitro benzene ring substituents is 1. The van der Waals surface area contributed by atoms with E-state index in [4.69, 9.17) is 17.3 Å². The van der Waals surface area contributed by atoms with Crippen molar-refractivity contribution in [1.29, 1.82) is 0 Å². The quantitative estimate of drug-likeness (QED) is 0.491. The molecule has 0 bridgehead atoms. The van der Waals surface area contributed by atoms with Gasteiger partial charge in [-0.25, -0.2) is 0 Å². The van der Waals surface area contributed by atoms with Crippen LogP contribution in [-0.4, -0.2) is 16.6 Å². The minimum absolute atomic E-state index is 0.0303. The Morgan fingerprint density at radius 2 is 2.12 bits per heavy atom. The summed E-state index contributed by atoms with van der Waals surface area (Å²) in [5.74, 6) is 0.502. The minimum atomic E-state index is -0.599. The molecule has 6 nitrogen and oxygen atoms in total. The highest BCUT2D eigenvalue weighted by atomic mass is 35.5. The molecule has 0 saturated heterocycles. The average molecular weight is 364 g/mol. The van der Waals surface area contributed by atoms with Crippen LogP contribution in [0.4, 0.5) is 11.4 Å². The molecule has 1 aliphatic heterocycles. The highest BCUT2D eigenvalue weighted by Crippen LogP contribution is 2.37. The molecule has 24 heavy (non-hydrogen) atoms. The van der Waals surface area contributed by atoms with Gasteiger partial charge in [0.1, 0.15) is 5.69 Å². The van der Waals surface area contributed by atoms with Crippen molar-refractivity contribution in [2.75, 3.05) is 11.5 Å². The normalized spacial score (nSPS) is 16.3. The second-order valence-corrected chi connectivity index (χ2v) is 6.95. The van der Waals surface area contributed by atoms with Crippen molar-refractivity contribution < 1.29 is 9.72 Å². The van der Waals surface area contributed by atoms with Crippen molar-refractivity contribution in [3.05, 3.63) is 62.7 Å². The predicted octanol–water partition coefficient (Wildman–Crippen LogP) is 3.80. The number of carbonyl (C=O) groups is 1. The molecule has 8 heteroatoms. The molecular weight excluding hydrogens is 350 g/mol. The second-order valence-electron chi connectivity index (χ2n) is 5.38. The highest BCUT2D eigenvalue weighted by molar-refractivity contribution is 7.99. The number of benzene rings is 2. The number of nitrogens with zero attached hydrogens (tertiary/aromatic N) is 1. The lowest BCUT2D eigenvalue weighted by Crippen LogP contribution is -2.30. The summed E-state index contributed by atoms with van der Waals surface area (Å²) in [5, 5.41) is 14.5. The van der Waals surface area contributed by atoms with E-state index >= 15 is 0 Å². The number of nitro groups is 1. The molecule has 2 aromatic rings. The zero-order valence-corrected chi connectivity index (χ0v) is 14.1. The lowest BCUT2D eigenvalue weighted by molar-refractivity contribution is -0.383. The van der Waals surface area contributed by atoms with Gasteiger partial charge in [0, 0.05) is 27.3 Å². The van der Waals surface area contributed by atoms with Gasteiger partial charge in [0.15, 0.2) is 0 Å². The Bertz CT molecular complexity index is 828. The fraction of sp³-hybridized carbons (Fsp3) is 0.188. The van der Waals surface area contributed by atoms with Crippen molar-refractivity contribution in [3.8, 4) is 0 Å². The van der Waals surface area contributed by atoms with Crippen molar-refractivity contribution in [3.63, 3.8) is 0 Å². The van der Waals surface area contributed by atoms with Crippen LogP contribution in [0.25, 0.3) is 0 Å². The number of carbonyl (C=O) groups excluding carboxylic acids is 1. The number of anilines is 1. The number of nitrogen functional groups attached to an aromatic ring is 1. The van der Waals surface area contributed by atoms with Crippen LogP contribution in [0.1, 0.15) is 28.4 Å². The minimum Gasteiger partial charge on any atom is -0.393 e. The summed E-state index contributed by atoms with van der Waals surface area (Å²) < 4.78 is 0. The van der Waals surface area contributed by atoms with Crippen LogP contribution in [0.2, 0.25) is 5.02 Å². The lowest BCUT2D eigenvalue weighted by Gasteiger charge is -2.26. The molecule has 1 atom stereocenters. The van der Waals surface area contributed by atoms with E-state index in [0.29, 0.717) is 5.02 Å². The molecule has 1 amide bonds. The molecule has 124 valence electrons. The van der Waals surface area contributed by atoms with E-state index in [1.165, 1.54) is 18.2 Å². The fourth-order valence-corrected chi connectivity index (χ4v) is 3.89. The maximum Gasteiger partial charge on any atom is 0.292 e. The van der Waals surface area contributed by atoms with Gasteiger partial charge in [-0.2, -0.15) is 0 Å². The van der Waals surface area contributed by atoms with E-state index < -0.39 is 4.92 Å². The highest BCUT2D eigenvalue weighted by Gasteiger charge is 2.24. The third-order valence-corrected chi connectivity index (χ3v) is 5.16. The first-order chi connectivity index (χ1) is 11.5. The van der Waals surface area contributed by atoms with Crippen LogP contribution in [0, 0.1) is 10.1 Å². The van der Waals surface area contributed by atoms with Crippen molar-refractivity contribution in [2.24, 2.45) is 0 Å². The monoisotopic (exact) mass is 363 g/mol. The maximum atomic E-state index is 12.5. The number of hydrogen-bond acceptors (Lipinski definition) is 5. The zero-order valence-electron chi connectivity index (χ0n) is 12.5. The van der Waals surface area contributed by atoms with Gasteiger partial charge < -0.3 is 11.1 Å². The Balaban J connectivity index is 1.85.